The molecule has 0 fully saturated rings. The Hall–Kier alpha value is -1.86. The lowest BCUT2D eigenvalue weighted by atomic mass is 10.2. The van der Waals surface area contributed by atoms with E-state index in [-0.39, 0.29) is 4.90 Å². The van der Waals surface area contributed by atoms with Crippen molar-refractivity contribution in [2.24, 2.45) is 0 Å². The van der Waals surface area contributed by atoms with Crippen LogP contribution in [-0.4, -0.2) is 36.7 Å². The van der Waals surface area contributed by atoms with E-state index in [4.69, 9.17) is 4.74 Å². The van der Waals surface area contributed by atoms with Crippen molar-refractivity contribution >= 4 is 10.0 Å². The zero-order valence-corrected chi connectivity index (χ0v) is 15.0. The molecule has 7 heteroatoms. The molecule has 0 radical (unpaired) electrons. The van der Waals surface area contributed by atoms with Crippen LogP contribution in [0.5, 0.6) is 5.75 Å². The summed E-state index contributed by atoms with van der Waals surface area (Å²) in [6.45, 7) is 6.95. The predicted octanol–water partition coefficient (Wildman–Crippen LogP) is 2.35. The van der Waals surface area contributed by atoms with Gasteiger partial charge in [-0.2, -0.15) is 9.40 Å². The number of benzene rings is 1. The highest BCUT2D eigenvalue weighted by Gasteiger charge is 2.23. The van der Waals surface area contributed by atoms with Gasteiger partial charge in [-0.1, -0.05) is 0 Å². The number of ether oxygens (including phenoxy) is 1. The largest absolute Gasteiger partial charge is 0.497 e. The van der Waals surface area contributed by atoms with Gasteiger partial charge < -0.3 is 4.74 Å². The minimum atomic E-state index is -3.55. The van der Waals surface area contributed by atoms with Gasteiger partial charge in [-0.15, -0.1) is 0 Å². The Balaban J connectivity index is 2.28. The van der Waals surface area contributed by atoms with Gasteiger partial charge in [0.05, 0.1) is 17.7 Å². The first-order chi connectivity index (χ1) is 10.8. The molecule has 0 bridgehead atoms. The molecule has 2 aromatic rings. The SMILES string of the molecule is CCn1nc(C)c(CN(C)S(=O)(=O)c2ccc(OC)cc2)c1C. The Morgan fingerprint density at radius 1 is 1.22 bits per heavy atom. The molecule has 0 aliphatic heterocycles. The van der Waals surface area contributed by atoms with Crippen LogP contribution in [0.3, 0.4) is 0 Å². The Labute approximate surface area is 137 Å². The van der Waals surface area contributed by atoms with E-state index in [2.05, 4.69) is 5.10 Å². The summed E-state index contributed by atoms with van der Waals surface area (Å²) < 4.78 is 33.7. The van der Waals surface area contributed by atoms with Crippen molar-refractivity contribution in [2.75, 3.05) is 14.2 Å². The molecule has 126 valence electrons. The summed E-state index contributed by atoms with van der Waals surface area (Å²) >= 11 is 0. The summed E-state index contributed by atoms with van der Waals surface area (Å²) in [5, 5.41) is 4.44. The Morgan fingerprint density at radius 2 is 1.83 bits per heavy atom. The molecule has 0 amide bonds. The summed E-state index contributed by atoms with van der Waals surface area (Å²) in [5.74, 6) is 0.627. The van der Waals surface area contributed by atoms with Gasteiger partial charge in [0.25, 0.3) is 0 Å². The third-order valence-corrected chi connectivity index (χ3v) is 5.80. The molecule has 0 aliphatic carbocycles. The second kappa shape index (κ2) is 6.72. The molecule has 1 heterocycles. The van der Waals surface area contributed by atoms with Crippen molar-refractivity contribution in [1.82, 2.24) is 14.1 Å². The van der Waals surface area contributed by atoms with Gasteiger partial charge in [0, 0.05) is 31.4 Å². The third-order valence-electron chi connectivity index (χ3n) is 3.98. The van der Waals surface area contributed by atoms with Gasteiger partial charge >= 0.3 is 0 Å². The Kier molecular flexibility index (Phi) is 5.11. The van der Waals surface area contributed by atoms with Crippen LogP contribution in [0.4, 0.5) is 0 Å². The Morgan fingerprint density at radius 3 is 2.30 bits per heavy atom. The molecule has 1 aromatic heterocycles. The molecule has 2 rings (SSSR count). The van der Waals surface area contributed by atoms with Crippen LogP contribution >= 0.6 is 0 Å². The first-order valence-corrected chi connectivity index (χ1v) is 8.88. The number of hydrogen-bond acceptors (Lipinski definition) is 4. The van der Waals surface area contributed by atoms with Gasteiger partial charge in [-0.25, -0.2) is 8.42 Å². The molecule has 0 saturated carbocycles. The van der Waals surface area contributed by atoms with E-state index in [0.29, 0.717) is 12.3 Å². The molecule has 0 unspecified atom stereocenters. The molecule has 0 aliphatic rings. The summed E-state index contributed by atoms with van der Waals surface area (Å²) in [4.78, 5) is 0.249. The lowest BCUT2D eigenvalue weighted by Gasteiger charge is -2.18. The minimum Gasteiger partial charge on any atom is -0.497 e. The maximum Gasteiger partial charge on any atom is 0.243 e. The zero-order valence-electron chi connectivity index (χ0n) is 14.2. The minimum absolute atomic E-state index is 0.249. The second-order valence-corrected chi connectivity index (χ2v) is 7.45. The molecule has 23 heavy (non-hydrogen) atoms. The number of sulfonamides is 1. The van der Waals surface area contributed by atoms with Gasteiger partial charge in [-0.3, -0.25) is 4.68 Å². The average Bonchev–Trinajstić information content (AvgIpc) is 2.82. The molecule has 0 spiro atoms. The summed E-state index contributed by atoms with van der Waals surface area (Å²) in [6, 6.07) is 6.40. The molecular weight excluding hydrogens is 314 g/mol. The van der Waals surface area contributed by atoms with Crippen molar-refractivity contribution < 1.29 is 13.2 Å². The topological polar surface area (TPSA) is 64.4 Å². The summed E-state index contributed by atoms with van der Waals surface area (Å²) in [7, 11) is -0.419. The fourth-order valence-corrected chi connectivity index (χ4v) is 3.64. The number of hydrogen-bond donors (Lipinski definition) is 0. The maximum absolute atomic E-state index is 12.7. The third kappa shape index (κ3) is 3.40. The van der Waals surface area contributed by atoms with E-state index in [1.54, 1.807) is 38.4 Å². The van der Waals surface area contributed by atoms with Crippen LogP contribution in [0.25, 0.3) is 0 Å². The zero-order chi connectivity index (χ0) is 17.2. The predicted molar refractivity (Wildman–Crippen MR) is 89.0 cm³/mol. The van der Waals surface area contributed by atoms with Gasteiger partial charge in [-0.05, 0) is 45.0 Å². The second-order valence-electron chi connectivity index (χ2n) is 5.40. The maximum atomic E-state index is 12.7. The van der Waals surface area contributed by atoms with E-state index in [1.807, 2.05) is 25.5 Å². The monoisotopic (exact) mass is 337 g/mol. The first kappa shape index (κ1) is 17.5. The molecular formula is C16H23N3O3S. The highest BCUT2D eigenvalue weighted by molar-refractivity contribution is 7.89. The van der Waals surface area contributed by atoms with Gasteiger partial charge in [0.1, 0.15) is 5.75 Å². The van der Waals surface area contributed by atoms with E-state index in [1.165, 1.54) is 4.31 Å². The fraction of sp³-hybridized carbons (Fsp3) is 0.438. The average molecular weight is 337 g/mol. The lowest BCUT2D eigenvalue weighted by molar-refractivity contribution is 0.414. The van der Waals surface area contributed by atoms with Crippen LogP contribution in [-0.2, 0) is 23.1 Å². The summed E-state index contributed by atoms with van der Waals surface area (Å²) in [6.07, 6.45) is 0. The van der Waals surface area contributed by atoms with Crippen molar-refractivity contribution in [3.05, 3.63) is 41.2 Å². The molecule has 6 nitrogen and oxygen atoms in total. The molecule has 0 N–H and O–H groups in total. The molecule has 0 atom stereocenters. The van der Waals surface area contributed by atoms with Crippen molar-refractivity contribution in [3.63, 3.8) is 0 Å². The standard InChI is InChI=1S/C16H23N3O3S/c1-6-19-13(3)16(12(2)17-19)11-18(4)23(20,21)15-9-7-14(22-5)8-10-15/h7-10H,6,11H2,1-5H3. The van der Waals surface area contributed by atoms with Crippen LogP contribution < -0.4 is 4.74 Å². The van der Waals surface area contributed by atoms with Gasteiger partial charge in [0.15, 0.2) is 0 Å². The Bertz CT molecular complexity index is 780. The van der Waals surface area contributed by atoms with Crippen LogP contribution in [0, 0.1) is 13.8 Å². The van der Waals surface area contributed by atoms with E-state index in [9.17, 15) is 8.42 Å². The molecule has 0 saturated heterocycles. The molecule has 1 aromatic carbocycles. The van der Waals surface area contributed by atoms with Crippen LogP contribution in [0.15, 0.2) is 29.2 Å². The first-order valence-electron chi connectivity index (χ1n) is 7.44. The smallest absolute Gasteiger partial charge is 0.243 e. The quantitative estimate of drug-likeness (QED) is 0.812. The van der Waals surface area contributed by atoms with Crippen LogP contribution in [0.2, 0.25) is 0 Å². The van der Waals surface area contributed by atoms with E-state index >= 15 is 0 Å². The number of aryl methyl sites for hydroxylation is 2. The fourth-order valence-electron chi connectivity index (χ4n) is 2.51. The summed E-state index contributed by atoms with van der Waals surface area (Å²) in [5.41, 5.74) is 2.81. The van der Waals surface area contributed by atoms with E-state index in [0.717, 1.165) is 23.5 Å². The van der Waals surface area contributed by atoms with E-state index < -0.39 is 10.0 Å². The number of methoxy groups -OCH3 is 1. The lowest BCUT2D eigenvalue weighted by Crippen LogP contribution is -2.27. The van der Waals surface area contributed by atoms with Crippen molar-refractivity contribution in [1.29, 1.82) is 0 Å². The number of rotatable bonds is 6. The highest BCUT2D eigenvalue weighted by atomic mass is 32.2. The number of aromatic nitrogens is 2. The highest BCUT2D eigenvalue weighted by Crippen LogP contribution is 2.22. The van der Waals surface area contributed by atoms with Crippen molar-refractivity contribution in [3.8, 4) is 5.75 Å². The number of nitrogens with zero attached hydrogens (tertiary/aromatic N) is 3. The van der Waals surface area contributed by atoms with Gasteiger partial charge in [0.2, 0.25) is 10.0 Å². The van der Waals surface area contributed by atoms with Crippen LogP contribution in [0.1, 0.15) is 23.9 Å². The van der Waals surface area contributed by atoms with Crippen molar-refractivity contribution in [2.45, 2.75) is 38.8 Å². The normalized spacial score (nSPS) is 11.9.